The van der Waals surface area contributed by atoms with Gasteiger partial charge in [0.25, 0.3) is 0 Å². The first-order valence-corrected chi connectivity index (χ1v) is 5.18. The highest BCUT2D eigenvalue weighted by Gasteiger charge is 2.15. The van der Waals surface area contributed by atoms with E-state index in [0.29, 0.717) is 6.07 Å². The Morgan fingerprint density at radius 2 is 1.82 bits per heavy atom. The summed E-state index contributed by atoms with van der Waals surface area (Å²) in [6.07, 6.45) is -0.588. The molecule has 0 aliphatic rings. The van der Waals surface area contributed by atoms with Crippen molar-refractivity contribution in [3.8, 4) is 0 Å². The van der Waals surface area contributed by atoms with Crippen molar-refractivity contribution in [1.82, 2.24) is 5.32 Å². The second-order valence-electron chi connectivity index (χ2n) is 3.86. The number of rotatable bonds is 5. The van der Waals surface area contributed by atoms with Gasteiger partial charge in [-0.3, -0.25) is 5.32 Å². The predicted octanol–water partition coefficient (Wildman–Crippen LogP) is 0.902. The van der Waals surface area contributed by atoms with Crippen molar-refractivity contribution in [2.45, 2.75) is 25.1 Å². The molecule has 0 saturated carbocycles. The first kappa shape index (κ1) is 14.0. The molecule has 1 aromatic carbocycles. The van der Waals surface area contributed by atoms with Crippen molar-refractivity contribution in [3.63, 3.8) is 0 Å². The second-order valence-corrected chi connectivity index (χ2v) is 3.86. The molecule has 0 aliphatic heterocycles. The molecule has 0 heterocycles. The van der Waals surface area contributed by atoms with Crippen LogP contribution in [-0.2, 0) is 6.42 Å². The molecule has 1 rings (SSSR count). The molecule has 3 nitrogen and oxygen atoms in total. The van der Waals surface area contributed by atoms with Gasteiger partial charge in [-0.15, -0.1) is 0 Å². The Bertz CT molecular complexity index is 387. The third-order valence-corrected chi connectivity index (χ3v) is 2.43. The second kappa shape index (κ2) is 6.00. The first-order valence-electron chi connectivity index (χ1n) is 5.18. The lowest BCUT2D eigenvalue weighted by atomic mass is 10.0. The van der Waals surface area contributed by atoms with E-state index in [-0.39, 0.29) is 18.4 Å². The standard InChI is InChI=1S/C11H15F3N2O/c1-16-11(17)4-7(15)2-6-3-9(13)10(14)5-8(6)12/h3,5,7,11,16-17H,2,4,15H2,1H3. The monoisotopic (exact) mass is 248 g/mol. The highest BCUT2D eigenvalue weighted by atomic mass is 19.2. The summed E-state index contributed by atoms with van der Waals surface area (Å²) in [4.78, 5) is 0. The van der Waals surface area contributed by atoms with E-state index in [1.54, 1.807) is 7.05 Å². The molecular weight excluding hydrogens is 233 g/mol. The van der Waals surface area contributed by atoms with E-state index in [0.717, 1.165) is 6.07 Å². The smallest absolute Gasteiger partial charge is 0.161 e. The minimum absolute atomic E-state index is 0.000275. The number of halogens is 3. The Balaban J connectivity index is 2.71. The van der Waals surface area contributed by atoms with Crippen LogP contribution >= 0.6 is 0 Å². The Hall–Kier alpha value is -1.11. The van der Waals surface area contributed by atoms with E-state index < -0.39 is 29.7 Å². The first-order chi connectivity index (χ1) is 7.93. The molecule has 0 aliphatic carbocycles. The van der Waals surface area contributed by atoms with Crippen molar-refractivity contribution in [2.24, 2.45) is 5.73 Å². The number of aliphatic hydroxyl groups is 1. The van der Waals surface area contributed by atoms with Crippen LogP contribution in [0, 0.1) is 17.5 Å². The van der Waals surface area contributed by atoms with Gasteiger partial charge in [-0.2, -0.15) is 0 Å². The Morgan fingerprint density at radius 3 is 2.41 bits per heavy atom. The highest BCUT2D eigenvalue weighted by molar-refractivity contribution is 5.21. The lowest BCUT2D eigenvalue weighted by Crippen LogP contribution is -2.35. The van der Waals surface area contributed by atoms with E-state index >= 15 is 0 Å². The van der Waals surface area contributed by atoms with Gasteiger partial charge in [0.15, 0.2) is 11.6 Å². The summed E-state index contributed by atoms with van der Waals surface area (Å²) in [5.74, 6) is -3.17. The molecular formula is C11H15F3N2O. The van der Waals surface area contributed by atoms with Gasteiger partial charge in [-0.25, -0.2) is 13.2 Å². The van der Waals surface area contributed by atoms with Crippen molar-refractivity contribution < 1.29 is 18.3 Å². The molecule has 17 heavy (non-hydrogen) atoms. The van der Waals surface area contributed by atoms with Gasteiger partial charge in [0.1, 0.15) is 12.0 Å². The Morgan fingerprint density at radius 1 is 1.24 bits per heavy atom. The van der Waals surface area contributed by atoms with E-state index in [1.165, 1.54) is 0 Å². The van der Waals surface area contributed by atoms with Crippen LogP contribution in [0.5, 0.6) is 0 Å². The maximum Gasteiger partial charge on any atom is 0.161 e. The third-order valence-electron chi connectivity index (χ3n) is 2.43. The SMILES string of the molecule is CNC(O)CC(N)Cc1cc(F)c(F)cc1F. The van der Waals surface area contributed by atoms with Crippen molar-refractivity contribution in [1.29, 1.82) is 0 Å². The summed E-state index contributed by atoms with van der Waals surface area (Å²) < 4.78 is 38.8. The minimum atomic E-state index is -1.23. The number of aliphatic hydroxyl groups excluding tert-OH is 1. The quantitative estimate of drug-likeness (QED) is 0.536. The van der Waals surface area contributed by atoms with E-state index in [1.807, 2.05) is 0 Å². The number of benzene rings is 1. The van der Waals surface area contributed by atoms with Gasteiger partial charge in [0, 0.05) is 18.5 Å². The normalized spacial score (nSPS) is 14.7. The van der Waals surface area contributed by atoms with Crippen LogP contribution in [-0.4, -0.2) is 24.4 Å². The van der Waals surface area contributed by atoms with Gasteiger partial charge >= 0.3 is 0 Å². The number of hydrogen-bond acceptors (Lipinski definition) is 3. The third kappa shape index (κ3) is 3.99. The van der Waals surface area contributed by atoms with Crippen molar-refractivity contribution in [2.75, 3.05) is 7.05 Å². The van der Waals surface area contributed by atoms with E-state index in [9.17, 15) is 18.3 Å². The molecule has 1 aromatic rings. The van der Waals surface area contributed by atoms with Crippen LogP contribution in [0.4, 0.5) is 13.2 Å². The van der Waals surface area contributed by atoms with Crippen LogP contribution in [0.3, 0.4) is 0 Å². The van der Waals surface area contributed by atoms with Crippen LogP contribution in [0.15, 0.2) is 12.1 Å². The van der Waals surface area contributed by atoms with Crippen molar-refractivity contribution >= 4 is 0 Å². The molecule has 96 valence electrons. The largest absolute Gasteiger partial charge is 0.379 e. The molecule has 4 N–H and O–H groups in total. The zero-order chi connectivity index (χ0) is 13.0. The fourth-order valence-electron chi connectivity index (χ4n) is 1.49. The summed E-state index contributed by atoms with van der Waals surface area (Å²) in [6.45, 7) is 0. The van der Waals surface area contributed by atoms with Gasteiger partial charge in [-0.05, 0) is 25.1 Å². The maximum atomic E-state index is 13.3. The summed E-state index contributed by atoms with van der Waals surface area (Å²) in [6, 6.07) is 0.735. The molecule has 0 saturated heterocycles. The molecule has 0 spiro atoms. The molecule has 0 radical (unpaired) electrons. The zero-order valence-electron chi connectivity index (χ0n) is 9.38. The molecule has 2 unspecified atom stereocenters. The average Bonchev–Trinajstić information content (AvgIpc) is 2.25. The van der Waals surface area contributed by atoms with Crippen LogP contribution < -0.4 is 11.1 Å². The van der Waals surface area contributed by atoms with Crippen LogP contribution in [0.1, 0.15) is 12.0 Å². The fourth-order valence-corrected chi connectivity index (χ4v) is 1.49. The predicted molar refractivity (Wildman–Crippen MR) is 57.7 cm³/mol. The zero-order valence-corrected chi connectivity index (χ0v) is 9.38. The lowest BCUT2D eigenvalue weighted by molar-refractivity contribution is 0.128. The molecule has 0 amide bonds. The van der Waals surface area contributed by atoms with Crippen LogP contribution in [0.25, 0.3) is 0 Å². The molecule has 2 atom stereocenters. The summed E-state index contributed by atoms with van der Waals surface area (Å²) in [5.41, 5.74) is 5.66. The highest BCUT2D eigenvalue weighted by Crippen LogP contribution is 2.15. The topological polar surface area (TPSA) is 58.3 Å². The number of nitrogens with two attached hydrogens (primary N) is 1. The number of hydrogen-bond donors (Lipinski definition) is 3. The van der Waals surface area contributed by atoms with Gasteiger partial charge < -0.3 is 10.8 Å². The summed E-state index contributed by atoms with van der Waals surface area (Å²) >= 11 is 0. The van der Waals surface area contributed by atoms with Gasteiger partial charge in [-0.1, -0.05) is 0 Å². The lowest BCUT2D eigenvalue weighted by Gasteiger charge is -2.16. The minimum Gasteiger partial charge on any atom is -0.379 e. The fraction of sp³-hybridized carbons (Fsp3) is 0.455. The van der Waals surface area contributed by atoms with E-state index in [2.05, 4.69) is 5.32 Å². The molecule has 0 aromatic heterocycles. The Labute approximate surface area is 97.4 Å². The maximum absolute atomic E-state index is 13.3. The Kier molecular flexibility index (Phi) is 4.92. The summed E-state index contributed by atoms with van der Waals surface area (Å²) in [7, 11) is 1.55. The van der Waals surface area contributed by atoms with E-state index in [4.69, 9.17) is 5.73 Å². The van der Waals surface area contributed by atoms with Gasteiger partial charge in [0.05, 0.1) is 0 Å². The molecule has 0 bridgehead atoms. The average molecular weight is 248 g/mol. The van der Waals surface area contributed by atoms with Crippen molar-refractivity contribution in [3.05, 3.63) is 35.1 Å². The molecule has 6 heteroatoms. The van der Waals surface area contributed by atoms with Gasteiger partial charge in [0.2, 0.25) is 0 Å². The van der Waals surface area contributed by atoms with Crippen LogP contribution in [0.2, 0.25) is 0 Å². The number of nitrogens with one attached hydrogen (secondary N) is 1. The summed E-state index contributed by atoms with van der Waals surface area (Å²) in [5, 5.41) is 11.8. The molecule has 0 fully saturated rings.